The fraction of sp³-hybridized carbons (Fsp3) is 0.278. The summed E-state index contributed by atoms with van der Waals surface area (Å²) in [6.45, 7) is 3.99. The standard InChI is InChI=1S/C18H19BrN2S/c1-2-3-12-20-16-10-6-7-11-17(16)21(18(20)22)13-14-8-4-5-9-15(14)19/h4-11H,2-3,12-13H2,1H3. The van der Waals surface area contributed by atoms with E-state index in [4.69, 9.17) is 12.2 Å². The lowest BCUT2D eigenvalue weighted by atomic mass is 10.2. The van der Waals surface area contributed by atoms with Crippen molar-refractivity contribution in [2.24, 2.45) is 0 Å². The maximum Gasteiger partial charge on any atom is 0.181 e. The van der Waals surface area contributed by atoms with Gasteiger partial charge in [-0.15, -0.1) is 0 Å². The highest BCUT2D eigenvalue weighted by Gasteiger charge is 2.11. The fourth-order valence-corrected chi connectivity index (χ4v) is 3.52. The highest BCUT2D eigenvalue weighted by atomic mass is 79.9. The molecule has 0 N–H and O–H groups in total. The van der Waals surface area contributed by atoms with Crippen LogP contribution in [0.5, 0.6) is 0 Å². The first-order valence-corrected chi connectivity index (χ1v) is 8.84. The monoisotopic (exact) mass is 374 g/mol. The molecule has 2 aromatic carbocycles. The number of para-hydroxylation sites is 2. The highest BCUT2D eigenvalue weighted by molar-refractivity contribution is 9.10. The van der Waals surface area contributed by atoms with Crippen molar-refractivity contribution in [2.75, 3.05) is 0 Å². The molecule has 0 aliphatic rings. The van der Waals surface area contributed by atoms with E-state index in [0.717, 1.165) is 28.8 Å². The average molecular weight is 375 g/mol. The molecule has 1 aromatic heterocycles. The second kappa shape index (κ2) is 6.80. The van der Waals surface area contributed by atoms with Gasteiger partial charge in [-0.05, 0) is 42.4 Å². The summed E-state index contributed by atoms with van der Waals surface area (Å²) >= 11 is 9.40. The lowest BCUT2D eigenvalue weighted by Gasteiger charge is -2.07. The Morgan fingerprint density at radius 3 is 2.27 bits per heavy atom. The first kappa shape index (κ1) is 15.5. The molecule has 0 saturated carbocycles. The van der Waals surface area contributed by atoms with E-state index >= 15 is 0 Å². The molecule has 3 rings (SSSR count). The molecule has 2 nitrogen and oxygen atoms in total. The van der Waals surface area contributed by atoms with E-state index in [1.54, 1.807) is 0 Å². The molecular weight excluding hydrogens is 356 g/mol. The zero-order valence-corrected chi connectivity index (χ0v) is 15.0. The number of fused-ring (bicyclic) bond motifs is 1. The van der Waals surface area contributed by atoms with Gasteiger partial charge in [0.05, 0.1) is 17.6 Å². The molecule has 0 saturated heterocycles. The van der Waals surface area contributed by atoms with Gasteiger partial charge in [-0.25, -0.2) is 0 Å². The van der Waals surface area contributed by atoms with Crippen LogP contribution in [-0.4, -0.2) is 9.13 Å². The lowest BCUT2D eigenvalue weighted by Crippen LogP contribution is -2.03. The topological polar surface area (TPSA) is 9.86 Å². The summed E-state index contributed by atoms with van der Waals surface area (Å²) in [5, 5.41) is 0. The predicted molar refractivity (Wildman–Crippen MR) is 98.9 cm³/mol. The zero-order chi connectivity index (χ0) is 15.5. The molecule has 1 heterocycles. The Labute approximate surface area is 144 Å². The molecule has 0 amide bonds. The van der Waals surface area contributed by atoms with Gasteiger partial charge in [-0.2, -0.15) is 0 Å². The Kier molecular flexibility index (Phi) is 4.79. The molecule has 0 spiro atoms. The summed E-state index contributed by atoms with van der Waals surface area (Å²) in [6.07, 6.45) is 2.32. The van der Waals surface area contributed by atoms with Crippen molar-refractivity contribution < 1.29 is 0 Å². The zero-order valence-electron chi connectivity index (χ0n) is 12.6. The molecule has 3 aromatic rings. The number of hydrogen-bond acceptors (Lipinski definition) is 1. The average Bonchev–Trinajstić information content (AvgIpc) is 2.80. The van der Waals surface area contributed by atoms with Gasteiger partial charge in [-0.3, -0.25) is 0 Å². The molecular formula is C18H19BrN2S. The van der Waals surface area contributed by atoms with Crippen LogP contribution in [0.4, 0.5) is 0 Å². The van der Waals surface area contributed by atoms with Gasteiger partial charge < -0.3 is 9.13 Å². The lowest BCUT2D eigenvalue weighted by molar-refractivity contribution is 0.621. The van der Waals surface area contributed by atoms with Crippen molar-refractivity contribution in [1.82, 2.24) is 9.13 Å². The van der Waals surface area contributed by atoms with Crippen LogP contribution in [0.15, 0.2) is 53.0 Å². The van der Waals surface area contributed by atoms with Gasteiger partial charge in [0.15, 0.2) is 4.77 Å². The van der Waals surface area contributed by atoms with E-state index < -0.39 is 0 Å². The number of benzene rings is 2. The number of unbranched alkanes of at least 4 members (excludes halogenated alkanes) is 1. The molecule has 0 aliphatic heterocycles. The molecule has 0 aliphatic carbocycles. The number of hydrogen-bond donors (Lipinski definition) is 0. The first-order chi connectivity index (χ1) is 10.7. The van der Waals surface area contributed by atoms with Crippen molar-refractivity contribution in [3.63, 3.8) is 0 Å². The Hall–Kier alpha value is -1.39. The summed E-state index contributed by atoms with van der Waals surface area (Å²) in [4.78, 5) is 0. The van der Waals surface area contributed by atoms with Crippen molar-refractivity contribution >= 4 is 39.2 Å². The maximum absolute atomic E-state index is 5.76. The Morgan fingerprint density at radius 1 is 0.955 bits per heavy atom. The van der Waals surface area contributed by atoms with Gasteiger partial charge >= 0.3 is 0 Å². The van der Waals surface area contributed by atoms with Gasteiger partial charge in [-0.1, -0.05) is 59.6 Å². The van der Waals surface area contributed by atoms with Crippen molar-refractivity contribution in [1.29, 1.82) is 0 Å². The summed E-state index contributed by atoms with van der Waals surface area (Å²) in [6, 6.07) is 16.8. The van der Waals surface area contributed by atoms with Crippen LogP contribution in [0.1, 0.15) is 25.3 Å². The third kappa shape index (κ3) is 2.90. The number of imidazole rings is 1. The van der Waals surface area contributed by atoms with Crippen LogP contribution in [-0.2, 0) is 13.1 Å². The molecule has 0 radical (unpaired) electrons. The number of halogens is 1. The molecule has 0 fully saturated rings. The predicted octanol–water partition coefficient (Wildman–Crippen LogP) is 5.78. The van der Waals surface area contributed by atoms with Crippen LogP contribution in [0, 0.1) is 4.77 Å². The van der Waals surface area contributed by atoms with Crippen LogP contribution in [0.2, 0.25) is 0 Å². The SMILES string of the molecule is CCCCn1c(=S)n(Cc2ccccc2Br)c2ccccc21. The second-order valence-electron chi connectivity index (χ2n) is 5.45. The van der Waals surface area contributed by atoms with Gasteiger partial charge in [0, 0.05) is 11.0 Å². The van der Waals surface area contributed by atoms with Crippen LogP contribution >= 0.6 is 28.1 Å². The minimum atomic E-state index is 0.792. The quantitative estimate of drug-likeness (QED) is 0.514. The van der Waals surface area contributed by atoms with Crippen molar-refractivity contribution in [3.05, 3.63) is 63.3 Å². The number of aromatic nitrogens is 2. The molecule has 4 heteroatoms. The van der Waals surface area contributed by atoms with E-state index in [0.29, 0.717) is 0 Å². The third-order valence-electron chi connectivity index (χ3n) is 3.95. The van der Waals surface area contributed by atoms with E-state index in [-0.39, 0.29) is 0 Å². The number of rotatable bonds is 5. The van der Waals surface area contributed by atoms with E-state index in [9.17, 15) is 0 Å². The summed E-state index contributed by atoms with van der Waals surface area (Å²) in [5.41, 5.74) is 3.68. The Bertz CT molecular complexity index is 848. The van der Waals surface area contributed by atoms with E-state index in [2.05, 4.69) is 74.5 Å². The fourth-order valence-electron chi connectivity index (χ4n) is 2.75. The summed E-state index contributed by atoms with van der Waals surface area (Å²) in [7, 11) is 0. The molecule has 0 unspecified atom stereocenters. The van der Waals surface area contributed by atoms with Crippen LogP contribution in [0.25, 0.3) is 11.0 Å². The maximum atomic E-state index is 5.76. The van der Waals surface area contributed by atoms with Crippen LogP contribution in [0.3, 0.4) is 0 Å². The summed E-state index contributed by atoms with van der Waals surface area (Å²) in [5.74, 6) is 0. The number of nitrogens with zero attached hydrogens (tertiary/aromatic N) is 2. The van der Waals surface area contributed by atoms with E-state index in [1.165, 1.54) is 23.0 Å². The van der Waals surface area contributed by atoms with Crippen LogP contribution < -0.4 is 0 Å². The summed E-state index contributed by atoms with van der Waals surface area (Å²) < 4.78 is 6.54. The smallest absolute Gasteiger partial charge is 0.181 e. The molecule has 0 atom stereocenters. The second-order valence-corrected chi connectivity index (χ2v) is 6.67. The normalized spacial score (nSPS) is 11.2. The minimum Gasteiger partial charge on any atom is -0.317 e. The molecule has 22 heavy (non-hydrogen) atoms. The Morgan fingerprint density at radius 2 is 1.59 bits per heavy atom. The largest absolute Gasteiger partial charge is 0.317 e. The third-order valence-corrected chi connectivity index (χ3v) is 5.16. The van der Waals surface area contributed by atoms with Gasteiger partial charge in [0.1, 0.15) is 0 Å². The van der Waals surface area contributed by atoms with E-state index in [1.807, 2.05) is 6.07 Å². The van der Waals surface area contributed by atoms with Crippen molar-refractivity contribution in [2.45, 2.75) is 32.9 Å². The Balaban J connectivity index is 2.11. The molecule has 114 valence electrons. The number of aryl methyl sites for hydroxylation is 1. The highest BCUT2D eigenvalue weighted by Crippen LogP contribution is 2.23. The molecule has 0 bridgehead atoms. The van der Waals surface area contributed by atoms with Gasteiger partial charge in [0.25, 0.3) is 0 Å². The van der Waals surface area contributed by atoms with Crippen molar-refractivity contribution in [3.8, 4) is 0 Å². The first-order valence-electron chi connectivity index (χ1n) is 7.64. The van der Waals surface area contributed by atoms with Gasteiger partial charge in [0.2, 0.25) is 0 Å². The minimum absolute atomic E-state index is 0.792.